The Morgan fingerprint density at radius 3 is 2.56 bits per heavy atom. The third kappa shape index (κ3) is 2.97. The summed E-state index contributed by atoms with van der Waals surface area (Å²) in [5, 5.41) is 1.13. The van der Waals surface area contributed by atoms with E-state index in [1.54, 1.807) is 12.1 Å². The molecular weight excluding hydrogens is 342 g/mol. The van der Waals surface area contributed by atoms with E-state index in [-0.39, 0.29) is 5.02 Å². The van der Waals surface area contributed by atoms with Gasteiger partial charge in [0.05, 0.1) is 10.0 Å². The molecule has 18 heavy (non-hydrogen) atoms. The van der Waals surface area contributed by atoms with Crippen molar-refractivity contribution in [2.75, 3.05) is 0 Å². The van der Waals surface area contributed by atoms with Crippen LogP contribution in [0.25, 0.3) is 0 Å². The molecule has 5 heteroatoms. The number of hydrogen-bond donors (Lipinski definition) is 0. The molecule has 0 aliphatic carbocycles. The van der Waals surface area contributed by atoms with Crippen LogP contribution >= 0.6 is 39.1 Å². The number of rotatable bonds is 3. The van der Waals surface area contributed by atoms with Crippen LogP contribution in [-0.4, -0.2) is 0 Å². The van der Waals surface area contributed by atoms with Crippen LogP contribution in [0.3, 0.4) is 0 Å². The van der Waals surface area contributed by atoms with Crippen molar-refractivity contribution in [3.05, 3.63) is 57.8 Å². The predicted octanol–water partition coefficient (Wildman–Crippen LogP) is 5.82. The zero-order valence-corrected chi connectivity index (χ0v) is 12.2. The third-order valence-corrected chi connectivity index (χ3v) is 3.51. The Kier molecular flexibility index (Phi) is 4.49. The van der Waals surface area contributed by atoms with E-state index in [4.69, 9.17) is 27.9 Å². The maximum absolute atomic E-state index is 13.3. The first-order valence-electron chi connectivity index (χ1n) is 5.08. The first kappa shape index (κ1) is 13.7. The molecule has 0 spiro atoms. The fourth-order valence-electron chi connectivity index (χ4n) is 1.43. The maximum atomic E-state index is 13.3. The minimum atomic E-state index is -0.526. The van der Waals surface area contributed by atoms with Gasteiger partial charge in [-0.2, -0.15) is 0 Å². The molecule has 0 amide bonds. The molecule has 2 aromatic rings. The van der Waals surface area contributed by atoms with Crippen LogP contribution in [0.2, 0.25) is 10.0 Å². The summed E-state index contributed by atoms with van der Waals surface area (Å²) >= 11 is 15.0. The van der Waals surface area contributed by atoms with Crippen molar-refractivity contribution in [2.45, 2.75) is 5.33 Å². The van der Waals surface area contributed by atoms with Crippen molar-refractivity contribution in [1.29, 1.82) is 0 Å². The Bertz CT molecular complexity index is 575. The Morgan fingerprint density at radius 2 is 1.89 bits per heavy atom. The highest BCUT2D eigenvalue weighted by molar-refractivity contribution is 9.08. The zero-order chi connectivity index (χ0) is 13.1. The fraction of sp³-hybridized carbons (Fsp3) is 0.0769. The van der Waals surface area contributed by atoms with Crippen LogP contribution in [0.15, 0.2) is 36.4 Å². The summed E-state index contributed by atoms with van der Waals surface area (Å²) in [6, 6.07) is 9.68. The van der Waals surface area contributed by atoms with Gasteiger partial charge in [-0.15, -0.1) is 0 Å². The van der Waals surface area contributed by atoms with Crippen molar-refractivity contribution in [2.24, 2.45) is 0 Å². The second kappa shape index (κ2) is 5.91. The summed E-state index contributed by atoms with van der Waals surface area (Å²) in [6.07, 6.45) is 0. The van der Waals surface area contributed by atoms with Crippen LogP contribution in [0.5, 0.6) is 11.5 Å². The molecule has 0 N–H and O–H groups in total. The van der Waals surface area contributed by atoms with Gasteiger partial charge < -0.3 is 4.74 Å². The quantitative estimate of drug-likeness (QED) is 0.634. The SMILES string of the molecule is Fc1cc(Oc2c(Cl)cccc2CBr)ccc1Cl. The molecule has 0 heterocycles. The molecule has 0 unspecified atom stereocenters. The Balaban J connectivity index is 2.36. The van der Waals surface area contributed by atoms with Crippen molar-refractivity contribution in [1.82, 2.24) is 0 Å². The highest BCUT2D eigenvalue weighted by atomic mass is 79.9. The van der Waals surface area contributed by atoms with E-state index >= 15 is 0 Å². The number of hydrogen-bond acceptors (Lipinski definition) is 1. The van der Waals surface area contributed by atoms with Gasteiger partial charge in [-0.1, -0.05) is 51.3 Å². The summed E-state index contributed by atoms with van der Waals surface area (Å²) in [7, 11) is 0. The summed E-state index contributed by atoms with van der Waals surface area (Å²) in [6.45, 7) is 0. The summed E-state index contributed by atoms with van der Waals surface area (Å²) in [5.74, 6) is 0.339. The van der Waals surface area contributed by atoms with E-state index in [1.165, 1.54) is 12.1 Å². The number of alkyl halides is 1. The van der Waals surface area contributed by atoms with E-state index in [0.717, 1.165) is 5.56 Å². The van der Waals surface area contributed by atoms with Gasteiger partial charge in [0.1, 0.15) is 17.3 Å². The lowest BCUT2D eigenvalue weighted by Crippen LogP contribution is -1.91. The van der Waals surface area contributed by atoms with E-state index in [1.807, 2.05) is 12.1 Å². The molecule has 0 aromatic heterocycles. The summed E-state index contributed by atoms with van der Waals surface area (Å²) < 4.78 is 18.9. The fourth-order valence-corrected chi connectivity index (χ4v) is 2.22. The lowest BCUT2D eigenvalue weighted by atomic mass is 10.2. The lowest BCUT2D eigenvalue weighted by molar-refractivity contribution is 0.473. The third-order valence-electron chi connectivity index (χ3n) is 2.30. The van der Waals surface area contributed by atoms with Crippen LogP contribution in [0.4, 0.5) is 4.39 Å². The van der Waals surface area contributed by atoms with Gasteiger partial charge in [0.2, 0.25) is 0 Å². The van der Waals surface area contributed by atoms with Gasteiger partial charge in [-0.3, -0.25) is 0 Å². The average Bonchev–Trinajstić information content (AvgIpc) is 2.36. The first-order valence-corrected chi connectivity index (χ1v) is 6.96. The second-order valence-corrected chi connectivity index (χ2v) is 4.91. The van der Waals surface area contributed by atoms with Crippen LogP contribution in [-0.2, 0) is 5.33 Å². The smallest absolute Gasteiger partial charge is 0.150 e. The molecular formula is C13H8BrCl2FO. The highest BCUT2D eigenvalue weighted by Gasteiger charge is 2.10. The Labute approximate surface area is 123 Å². The van der Waals surface area contributed by atoms with E-state index in [9.17, 15) is 4.39 Å². The van der Waals surface area contributed by atoms with Crippen molar-refractivity contribution < 1.29 is 9.13 Å². The maximum Gasteiger partial charge on any atom is 0.150 e. The molecule has 2 rings (SSSR count). The molecule has 0 aliphatic heterocycles. The molecule has 2 aromatic carbocycles. The van der Waals surface area contributed by atoms with Crippen LogP contribution in [0.1, 0.15) is 5.56 Å². The highest BCUT2D eigenvalue weighted by Crippen LogP contribution is 2.34. The molecule has 94 valence electrons. The average molecular weight is 350 g/mol. The normalized spacial score (nSPS) is 10.4. The molecule has 0 radical (unpaired) electrons. The standard InChI is InChI=1S/C13H8BrCl2FO/c14-7-8-2-1-3-11(16)13(8)18-9-4-5-10(15)12(17)6-9/h1-6H,7H2. The predicted molar refractivity (Wildman–Crippen MR) is 75.6 cm³/mol. The first-order chi connectivity index (χ1) is 8.61. The van der Waals surface area contributed by atoms with Crippen LogP contribution < -0.4 is 4.74 Å². The van der Waals surface area contributed by atoms with Gasteiger partial charge in [0.15, 0.2) is 0 Å². The van der Waals surface area contributed by atoms with E-state index in [2.05, 4.69) is 15.9 Å². The minimum Gasteiger partial charge on any atom is -0.455 e. The molecule has 0 saturated heterocycles. The molecule has 0 saturated carbocycles. The lowest BCUT2D eigenvalue weighted by Gasteiger charge is -2.11. The molecule has 0 aliphatic rings. The molecule has 0 atom stereocenters. The number of benzene rings is 2. The Morgan fingerprint density at radius 1 is 1.11 bits per heavy atom. The minimum absolute atomic E-state index is 0.0576. The van der Waals surface area contributed by atoms with Gasteiger partial charge in [-0.25, -0.2) is 4.39 Å². The van der Waals surface area contributed by atoms with Crippen molar-refractivity contribution >= 4 is 39.1 Å². The van der Waals surface area contributed by atoms with Gasteiger partial charge >= 0.3 is 0 Å². The topological polar surface area (TPSA) is 9.23 Å². The summed E-state index contributed by atoms with van der Waals surface area (Å²) in [5.41, 5.74) is 0.887. The van der Waals surface area contributed by atoms with E-state index < -0.39 is 5.82 Å². The number of para-hydroxylation sites is 1. The van der Waals surface area contributed by atoms with Gasteiger partial charge in [0, 0.05) is 17.0 Å². The molecule has 1 nitrogen and oxygen atoms in total. The van der Waals surface area contributed by atoms with E-state index in [0.29, 0.717) is 21.9 Å². The number of halogens is 4. The van der Waals surface area contributed by atoms with Gasteiger partial charge in [0.25, 0.3) is 0 Å². The van der Waals surface area contributed by atoms with Crippen molar-refractivity contribution in [3.8, 4) is 11.5 Å². The Hall–Kier alpha value is -0.770. The number of ether oxygens (including phenoxy) is 1. The van der Waals surface area contributed by atoms with Crippen LogP contribution in [0, 0.1) is 5.82 Å². The zero-order valence-electron chi connectivity index (χ0n) is 9.09. The van der Waals surface area contributed by atoms with Gasteiger partial charge in [-0.05, 0) is 18.2 Å². The second-order valence-electron chi connectivity index (χ2n) is 3.54. The largest absolute Gasteiger partial charge is 0.455 e. The monoisotopic (exact) mass is 348 g/mol. The molecule has 0 fully saturated rings. The summed E-state index contributed by atoms with van der Waals surface area (Å²) in [4.78, 5) is 0. The van der Waals surface area contributed by atoms with Crippen molar-refractivity contribution in [3.63, 3.8) is 0 Å². The molecule has 0 bridgehead atoms.